The summed E-state index contributed by atoms with van der Waals surface area (Å²) in [6.45, 7) is 5.17. The summed E-state index contributed by atoms with van der Waals surface area (Å²) >= 11 is 0. The van der Waals surface area contributed by atoms with Crippen LogP contribution in [0.4, 0.5) is 0 Å². The van der Waals surface area contributed by atoms with E-state index in [1.807, 2.05) is 18.8 Å². The smallest absolute Gasteiger partial charge is 0.0669 e. The van der Waals surface area contributed by atoms with Crippen molar-refractivity contribution in [1.29, 1.82) is 0 Å². The summed E-state index contributed by atoms with van der Waals surface area (Å²) in [5.74, 6) is 0. The minimum absolute atomic E-state index is 0.919. The van der Waals surface area contributed by atoms with Crippen LogP contribution in [0.1, 0.15) is 23.9 Å². The minimum atomic E-state index is 0.919. The van der Waals surface area contributed by atoms with E-state index in [1.165, 1.54) is 17.0 Å². The first-order valence-corrected chi connectivity index (χ1v) is 4.36. The summed E-state index contributed by atoms with van der Waals surface area (Å²) in [5, 5.41) is 7.58. The summed E-state index contributed by atoms with van der Waals surface area (Å²) in [6, 6.07) is 0. The molecule has 0 aliphatic carbocycles. The molecule has 3 heteroatoms. The van der Waals surface area contributed by atoms with E-state index in [1.54, 1.807) is 0 Å². The molecular weight excluding hydrogens is 150 g/mol. The molecule has 1 aromatic rings. The number of nitrogens with zero attached hydrogens (tertiary/aromatic N) is 2. The number of rotatable bonds is 3. The van der Waals surface area contributed by atoms with Gasteiger partial charge in [0.15, 0.2) is 0 Å². The van der Waals surface area contributed by atoms with Gasteiger partial charge >= 0.3 is 0 Å². The lowest BCUT2D eigenvalue weighted by molar-refractivity contribution is 0.722. The average molecular weight is 167 g/mol. The number of hydrogen-bond donors (Lipinski definition) is 1. The quantitative estimate of drug-likeness (QED) is 0.728. The molecule has 12 heavy (non-hydrogen) atoms. The predicted octanol–water partition coefficient (Wildman–Crippen LogP) is 1.01. The third kappa shape index (κ3) is 1.50. The van der Waals surface area contributed by atoms with Gasteiger partial charge in [0.05, 0.1) is 5.69 Å². The molecule has 0 saturated heterocycles. The molecule has 1 heterocycles. The number of hydrogen-bond acceptors (Lipinski definition) is 2. The highest BCUT2D eigenvalue weighted by Gasteiger charge is 2.09. The fourth-order valence-corrected chi connectivity index (χ4v) is 1.41. The second kappa shape index (κ2) is 3.72. The molecule has 0 saturated carbocycles. The Bertz CT molecular complexity index is 263. The molecule has 0 aliphatic rings. The molecular formula is C9H17N3. The van der Waals surface area contributed by atoms with Crippen LogP contribution in [0.5, 0.6) is 0 Å². The second-order valence-electron chi connectivity index (χ2n) is 3.02. The van der Waals surface area contributed by atoms with Crippen LogP contribution in [-0.4, -0.2) is 16.8 Å². The van der Waals surface area contributed by atoms with Crippen LogP contribution in [-0.2, 0) is 20.0 Å². The highest BCUT2D eigenvalue weighted by atomic mass is 15.3. The van der Waals surface area contributed by atoms with Crippen molar-refractivity contribution in [2.45, 2.75) is 26.8 Å². The van der Waals surface area contributed by atoms with Crippen LogP contribution in [0.15, 0.2) is 0 Å². The zero-order valence-electron chi connectivity index (χ0n) is 8.31. The van der Waals surface area contributed by atoms with Crippen molar-refractivity contribution in [1.82, 2.24) is 15.1 Å². The van der Waals surface area contributed by atoms with Crippen molar-refractivity contribution in [3.63, 3.8) is 0 Å². The van der Waals surface area contributed by atoms with Crippen LogP contribution in [0.25, 0.3) is 0 Å². The van der Waals surface area contributed by atoms with E-state index in [4.69, 9.17) is 0 Å². The zero-order chi connectivity index (χ0) is 9.14. The molecule has 1 N–H and O–H groups in total. The molecule has 0 aliphatic heterocycles. The van der Waals surface area contributed by atoms with Gasteiger partial charge in [-0.15, -0.1) is 0 Å². The number of nitrogens with one attached hydrogen (secondary N) is 1. The maximum Gasteiger partial charge on any atom is 0.0669 e. The Balaban J connectivity index is 3.03. The van der Waals surface area contributed by atoms with E-state index >= 15 is 0 Å². The molecule has 0 bridgehead atoms. The third-order valence-corrected chi connectivity index (χ3v) is 2.23. The summed E-state index contributed by atoms with van der Waals surface area (Å²) in [7, 11) is 3.96. The molecule has 0 amide bonds. The molecule has 1 rings (SSSR count). The molecule has 0 unspecified atom stereocenters. The first kappa shape index (κ1) is 9.26. The molecule has 0 spiro atoms. The van der Waals surface area contributed by atoms with Gasteiger partial charge in [0.2, 0.25) is 0 Å². The van der Waals surface area contributed by atoms with Gasteiger partial charge in [0.1, 0.15) is 0 Å². The maximum atomic E-state index is 4.42. The predicted molar refractivity (Wildman–Crippen MR) is 50.1 cm³/mol. The van der Waals surface area contributed by atoms with Crippen molar-refractivity contribution in [3.05, 3.63) is 17.0 Å². The molecule has 68 valence electrons. The second-order valence-corrected chi connectivity index (χ2v) is 3.02. The van der Waals surface area contributed by atoms with Gasteiger partial charge in [-0.25, -0.2) is 0 Å². The molecule has 3 nitrogen and oxygen atoms in total. The van der Waals surface area contributed by atoms with Gasteiger partial charge in [-0.3, -0.25) is 4.68 Å². The first-order valence-electron chi connectivity index (χ1n) is 4.36. The number of aryl methyl sites for hydroxylation is 2. The molecule has 0 fully saturated rings. The highest BCUT2D eigenvalue weighted by molar-refractivity contribution is 5.25. The molecule has 0 radical (unpaired) electrons. The van der Waals surface area contributed by atoms with Crippen molar-refractivity contribution < 1.29 is 0 Å². The fourth-order valence-electron chi connectivity index (χ4n) is 1.41. The minimum Gasteiger partial charge on any atom is -0.316 e. The van der Waals surface area contributed by atoms with Crippen LogP contribution in [0.3, 0.4) is 0 Å². The summed E-state index contributed by atoms with van der Waals surface area (Å²) in [5.41, 5.74) is 3.83. The molecule has 1 aromatic heterocycles. The summed E-state index contributed by atoms with van der Waals surface area (Å²) < 4.78 is 1.95. The molecule has 0 aromatic carbocycles. The Labute approximate surface area is 73.8 Å². The highest BCUT2D eigenvalue weighted by Crippen LogP contribution is 2.12. The standard InChI is InChI=1S/C9H17N3/c1-5-9-8(6-10-3)7(2)12(4)11-9/h10H,5-6H2,1-4H3. The van der Waals surface area contributed by atoms with E-state index in [0.717, 1.165) is 13.0 Å². The Hall–Kier alpha value is -0.830. The zero-order valence-corrected chi connectivity index (χ0v) is 8.31. The molecule has 0 atom stereocenters. The average Bonchev–Trinajstić information content (AvgIpc) is 2.33. The van der Waals surface area contributed by atoms with Crippen molar-refractivity contribution in [3.8, 4) is 0 Å². The van der Waals surface area contributed by atoms with Gasteiger partial charge in [-0.2, -0.15) is 5.10 Å². The Morgan fingerprint density at radius 2 is 2.17 bits per heavy atom. The van der Waals surface area contributed by atoms with E-state index in [2.05, 4.69) is 24.3 Å². The number of aromatic nitrogens is 2. The van der Waals surface area contributed by atoms with E-state index < -0.39 is 0 Å². The topological polar surface area (TPSA) is 29.9 Å². The largest absolute Gasteiger partial charge is 0.316 e. The Morgan fingerprint density at radius 1 is 1.50 bits per heavy atom. The van der Waals surface area contributed by atoms with Crippen LogP contribution < -0.4 is 5.32 Å². The summed E-state index contributed by atoms with van der Waals surface area (Å²) in [6.07, 6.45) is 1.01. The van der Waals surface area contributed by atoms with Crippen molar-refractivity contribution >= 4 is 0 Å². The van der Waals surface area contributed by atoms with E-state index in [-0.39, 0.29) is 0 Å². The van der Waals surface area contributed by atoms with Crippen molar-refractivity contribution in [2.75, 3.05) is 7.05 Å². The van der Waals surface area contributed by atoms with Gasteiger partial charge < -0.3 is 5.32 Å². The fraction of sp³-hybridized carbons (Fsp3) is 0.667. The van der Waals surface area contributed by atoms with Gasteiger partial charge in [0.25, 0.3) is 0 Å². The summed E-state index contributed by atoms with van der Waals surface area (Å²) in [4.78, 5) is 0. The SMILES string of the molecule is CCc1nn(C)c(C)c1CNC. The van der Waals surface area contributed by atoms with Gasteiger partial charge in [0, 0.05) is 24.8 Å². The third-order valence-electron chi connectivity index (χ3n) is 2.23. The lowest BCUT2D eigenvalue weighted by atomic mass is 10.1. The van der Waals surface area contributed by atoms with Crippen LogP contribution in [0.2, 0.25) is 0 Å². The normalized spacial score (nSPS) is 10.7. The van der Waals surface area contributed by atoms with E-state index in [9.17, 15) is 0 Å². The monoisotopic (exact) mass is 167 g/mol. The van der Waals surface area contributed by atoms with Gasteiger partial charge in [-0.05, 0) is 20.4 Å². The van der Waals surface area contributed by atoms with Crippen LogP contribution >= 0.6 is 0 Å². The van der Waals surface area contributed by atoms with Gasteiger partial charge in [-0.1, -0.05) is 6.92 Å². The van der Waals surface area contributed by atoms with Crippen molar-refractivity contribution in [2.24, 2.45) is 7.05 Å². The lowest BCUT2D eigenvalue weighted by Crippen LogP contribution is -2.07. The first-order chi connectivity index (χ1) is 5.70. The lowest BCUT2D eigenvalue weighted by Gasteiger charge is -2.00. The van der Waals surface area contributed by atoms with Crippen LogP contribution in [0, 0.1) is 6.92 Å². The maximum absolute atomic E-state index is 4.42. The van der Waals surface area contributed by atoms with E-state index in [0.29, 0.717) is 0 Å². The Morgan fingerprint density at radius 3 is 2.67 bits per heavy atom. The Kier molecular flexibility index (Phi) is 2.87.